The van der Waals surface area contributed by atoms with Crippen LogP contribution >= 0.6 is 11.6 Å². The number of pyridine rings is 1. The summed E-state index contributed by atoms with van der Waals surface area (Å²) in [4.78, 5) is 19.9. The number of carboxylic acids is 1. The lowest BCUT2D eigenvalue weighted by Crippen LogP contribution is -2.07. The number of aromatic nitrogens is 4. The molecule has 0 aliphatic carbocycles. The highest BCUT2D eigenvalue weighted by Crippen LogP contribution is 2.33. The van der Waals surface area contributed by atoms with Gasteiger partial charge in [0.05, 0.1) is 17.2 Å². The van der Waals surface area contributed by atoms with Crippen molar-refractivity contribution in [1.29, 1.82) is 0 Å². The molecule has 0 saturated carbocycles. The van der Waals surface area contributed by atoms with E-state index in [4.69, 9.17) is 26.0 Å². The first-order valence-electron chi connectivity index (χ1n) is 10.4. The van der Waals surface area contributed by atoms with Crippen molar-refractivity contribution >= 4 is 28.5 Å². The molecule has 32 heavy (non-hydrogen) atoms. The van der Waals surface area contributed by atoms with Crippen molar-refractivity contribution in [2.75, 3.05) is 0 Å². The zero-order valence-corrected chi connectivity index (χ0v) is 18.8. The van der Waals surface area contributed by atoms with E-state index in [0.29, 0.717) is 34.6 Å². The Bertz CT molecular complexity index is 1280. The lowest BCUT2D eigenvalue weighted by Gasteiger charge is -2.10. The second-order valence-corrected chi connectivity index (χ2v) is 8.04. The summed E-state index contributed by atoms with van der Waals surface area (Å²) in [6, 6.07) is 7.50. The van der Waals surface area contributed by atoms with Crippen LogP contribution < -0.4 is 4.74 Å². The molecule has 9 heteroatoms. The number of rotatable bonds is 8. The van der Waals surface area contributed by atoms with Crippen molar-refractivity contribution in [1.82, 2.24) is 19.7 Å². The van der Waals surface area contributed by atoms with Gasteiger partial charge in [0.1, 0.15) is 5.02 Å². The van der Waals surface area contributed by atoms with Crippen molar-refractivity contribution in [2.45, 2.75) is 46.3 Å². The molecular weight excluding hydrogens is 432 g/mol. The second kappa shape index (κ2) is 9.00. The monoisotopic (exact) mass is 454 g/mol. The van der Waals surface area contributed by atoms with Crippen LogP contribution in [0.25, 0.3) is 33.7 Å². The Morgan fingerprint density at radius 2 is 2.12 bits per heavy atom. The van der Waals surface area contributed by atoms with Gasteiger partial charge in [-0.1, -0.05) is 28.9 Å². The number of fused-ring (bicyclic) bond motifs is 1. The fraction of sp³-hybridized carbons (Fsp3) is 0.304. The van der Waals surface area contributed by atoms with Crippen LogP contribution in [0, 0.1) is 0 Å². The van der Waals surface area contributed by atoms with E-state index in [1.54, 1.807) is 12.3 Å². The average molecular weight is 455 g/mol. The van der Waals surface area contributed by atoms with Crippen molar-refractivity contribution in [3.63, 3.8) is 0 Å². The van der Waals surface area contributed by atoms with Gasteiger partial charge in [-0.3, -0.25) is 4.79 Å². The van der Waals surface area contributed by atoms with Gasteiger partial charge >= 0.3 is 5.97 Å². The first-order valence-corrected chi connectivity index (χ1v) is 10.7. The average Bonchev–Trinajstić information content (AvgIpc) is 3.41. The number of nitrogens with zero attached hydrogens (tertiary/aromatic N) is 4. The topological polar surface area (TPSA) is 103 Å². The Kier molecular flexibility index (Phi) is 6.14. The first-order chi connectivity index (χ1) is 15.4. The molecule has 8 nitrogen and oxygen atoms in total. The van der Waals surface area contributed by atoms with Crippen molar-refractivity contribution < 1.29 is 19.2 Å². The molecule has 3 heterocycles. The Labute approximate surface area is 189 Å². The molecule has 4 rings (SSSR count). The lowest BCUT2D eigenvalue weighted by molar-refractivity contribution is -0.136. The largest absolute Gasteiger partial charge is 0.481 e. The third kappa shape index (κ3) is 4.31. The predicted octanol–water partition coefficient (Wildman–Crippen LogP) is 5.23. The quantitative estimate of drug-likeness (QED) is 0.388. The summed E-state index contributed by atoms with van der Waals surface area (Å²) in [5.41, 5.74) is 3.35. The van der Waals surface area contributed by atoms with Crippen molar-refractivity contribution in [2.24, 2.45) is 0 Å². The Hall–Kier alpha value is -3.39. The fourth-order valence-corrected chi connectivity index (χ4v) is 3.82. The van der Waals surface area contributed by atoms with E-state index < -0.39 is 5.97 Å². The maximum Gasteiger partial charge on any atom is 0.303 e. The van der Waals surface area contributed by atoms with Crippen LogP contribution in [0.5, 0.6) is 5.88 Å². The molecule has 0 aliphatic rings. The molecule has 166 valence electrons. The highest BCUT2D eigenvalue weighted by molar-refractivity contribution is 6.32. The molecule has 0 unspecified atom stereocenters. The summed E-state index contributed by atoms with van der Waals surface area (Å²) in [5.74, 6) is 0.257. The van der Waals surface area contributed by atoms with Crippen LogP contribution in [0.15, 0.2) is 41.2 Å². The standard InChI is InChI=1S/C23H23ClN4O4/c1-4-28-10-9-16-17(7-5-14(20(16)28)6-8-19(29)30)21-26-22(32-27-21)15-11-18(24)23(25-12-15)31-13(2)3/h5,7,9-13H,4,6,8H2,1-3H3,(H,29,30). The normalized spacial score (nSPS) is 11.4. The van der Waals surface area contributed by atoms with E-state index in [-0.39, 0.29) is 12.5 Å². The van der Waals surface area contributed by atoms with Crippen LogP contribution in [-0.2, 0) is 17.8 Å². The molecule has 0 aliphatic heterocycles. The Morgan fingerprint density at radius 3 is 2.81 bits per heavy atom. The molecule has 4 aromatic rings. The van der Waals surface area contributed by atoms with Gasteiger partial charge in [0.2, 0.25) is 11.7 Å². The minimum absolute atomic E-state index is 0.0443. The van der Waals surface area contributed by atoms with E-state index in [1.807, 2.05) is 45.2 Å². The molecule has 0 spiro atoms. The number of aryl methyl sites for hydroxylation is 2. The molecule has 3 aromatic heterocycles. The van der Waals surface area contributed by atoms with Crippen LogP contribution in [0.1, 0.15) is 32.8 Å². The molecule has 0 saturated heterocycles. The van der Waals surface area contributed by atoms with Gasteiger partial charge in [0.15, 0.2) is 0 Å². The molecule has 0 radical (unpaired) electrons. The van der Waals surface area contributed by atoms with E-state index >= 15 is 0 Å². The van der Waals surface area contributed by atoms with Gasteiger partial charge in [-0.15, -0.1) is 0 Å². The minimum Gasteiger partial charge on any atom is -0.481 e. The number of benzene rings is 1. The van der Waals surface area contributed by atoms with Crippen LogP contribution in [0.3, 0.4) is 0 Å². The van der Waals surface area contributed by atoms with Crippen molar-refractivity contribution in [3.8, 4) is 28.7 Å². The van der Waals surface area contributed by atoms with Crippen LogP contribution in [0.2, 0.25) is 5.02 Å². The Morgan fingerprint density at radius 1 is 1.31 bits per heavy atom. The van der Waals surface area contributed by atoms with Gasteiger partial charge in [0.25, 0.3) is 5.89 Å². The second-order valence-electron chi connectivity index (χ2n) is 7.63. The zero-order chi connectivity index (χ0) is 22.8. The third-order valence-corrected chi connectivity index (χ3v) is 5.30. The van der Waals surface area contributed by atoms with E-state index in [9.17, 15) is 4.79 Å². The molecule has 0 amide bonds. The number of hydrogen-bond donors (Lipinski definition) is 1. The highest BCUT2D eigenvalue weighted by Gasteiger charge is 2.18. The lowest BCUT2D eigenvalue weighted by atomic mass is 10.0. The molecule has 0 fully saturated rings. The third-order valence-electron chi connectivity index (χ3n) is 5.03. The predicted molar refractivity (Wildman–Crippen MR) is 121 cm³/mol. The van der Waals surface area contributed by atoms with Gasteiger partial charge in [0, 0.05) is 36.3 Å². The molecule has 0 bridgehead atoms. The maximum atomic E-state index is 11.1. The van der Waals surface area contributed by atoms with E-state index in [2.05, 4.69) is 19.7 Å². The van der Waals surface area contributed by atoms with Gasteiger partial charge < -0.3 is 18.9 Å². The Balaban J connectivity index is 1.71. The number of hydrogen-bond acceptors (Lipinski definition) is 6. The molecule has 0 atom stereocenters. The smallest absolute Gasteiger partial charge is 0.303 e. The summed E-state index contributed by atoms with van der Waals surface area (Å²) in [7, 11) is 0. The molecular formula is C23H23ClN4O4. The summed E-state index contributed by atoms with van der Waals surface area (Å²) >= 11 is 6.29. The van der Waals surface area contributed by atoms with Gasteiger partial charge in [-0.25, -0.2) is 4.98 Å². The number of carbonyl (C=O) groups is 1. The van der Waals surface area contributed by atoms with E-state index in [0.717, 1.165) is 28.6 Å². The summed E-state index contributed by atoms with van der Waals surface area (Å²) in [6.45, 7) is 6.61. The number of aliphatic carboxylic acids is 1. The number of halogens is 1. The molecule has 1 aromatic carbocycles. The SMILES string of the molecule is CCn1ccc2c(-c3noc(-c4cnc(OC(C)C)c(Cl)c4)n3)ccc(CCC(=O)O)c21. The number of ether oxygens (including phenoxy) is 1. The molecule has 1 N–H and O–H groups in total. The first kappa shape index (κ1) is 21.8. The fourth-order valence-electron chi connectivity index (χ4n) is 3.60. The van der Waals surface area contributed by atoms with Crippen LogP contribution in [-0.4, -0.2) is 36.9 Å². The summed E-state index contributed by atoms with van der Waals surface area (Å²) < 4.78 is 13.1. The minimum atomic E-state index is -0.822. The van der Waals surface area contributed by atoms with Gasteiger partial charge in [-0.2, -0.15) is 4.98 Å². The van der Waals surface area contributed by atoms with E-state index in [1.165, 1.54) is 0 Å². The maximum absolute atomic E-state index is 11.1. The number of carboxylic acid groups (broad SMARTS) is 1. The highest BCUT2D eigenvalue weighted by atomic mass is 35.5. The van der Waals surface area contributed by atoms with Gasteiger partial charge in [-0.05, 0) is 44.9 Å². The van der Waals surface area contributed by atoms with Crippen molar-refractivity contribution in [3.05, 3.63) is 47.2 Å². The zero-order valence-electron chi connectivity index (χ0n) is 18.0. The summed E-state index contributed by atoms with van der Waals surface area (Å²) in [5, 5.41) is 14.6. The summed E-state index contributed by atoms with van der Waals surface area (Å²) in [6.07, 6.45) is 4.04. The van der Waals surface area contributed by atoms with Crippen LogP contribution in [0.4, 0.5) is 0 Å².